The maximum atomic E-state index is 12.8. The van der Waals surface area contributed by atoms with E-state index < -0.39 is 0 Å². The minimum atomic E-state index is 0.0372. The summed E-state index contributed by atoms with van der Waals surface area (Å²) in [6, 6.07) is 10.1. The Balaban J connectivity index is 1.59. The lowest BCUT2D eigenvalue weighted by atomic mass is 10.1. The van der Waals surface area contributed by atoms with Gasteiger partial charge in [-0.25, -0.2) is 4.98 Å². The van der Waals surface area contributed by atoms with Gasteiger partial charge >= 0.3 is 0 Å². The van der Waals surface area contributed by atoms with Gasteiger partial charge in [0.1, 0.15) is 6.33 Å². The molecular weight excluding hydrogens is 302 g/mol. The Morgan fingerprint density at radius 1 is 1.21 bits per heavy atom. The minimum Gasteiger partial charge on any atom is -0.334 e. The maximum absolute atomic E-state index is 12.8. The predicted molar refractivity (Wildman–Crippen MR) is 89.4 cm³/mol. The molecule has 4 rings (SSSR count). The second-order valence-electron chi connectivity index (χ2n) is 6.25. The molecule has 0 aliphatic carbocycles. The monoisotopic (exact) mass is 321 g/mol. The van der Waals surface area contributed by atoms with Gasteiger partial charge in [0.2, 0.25) is 5.91 Å². The van der Waals surface area contributed by atoms with Gasteiger partial charge in [-0.15, -0.1) is 0 Å². The fraction of sp³-hybridized carbons (Fsp3) is 0.333. The Morgan fingerprint density at radius 2 is 2.04 bits per heavy atom. The van der Waals surface area contributed by atoms with Crippen LogP contribution in [0.5, 0.6) is 0 Å². The molecule has 0 spiro atoms. The summed E-state index contributed by atoms with van der Waals surface area (Å²) >= 11 is 0. The largest absolute Gasteiger partial charge is 0.334 e. The van der Waals surface area contributed by atoms with E-state index in [9.17, 15) is 4.79 Å². The maximum Gasteiger partial charge on any atom is 0.252 e. The third-order valence-electron chi connectivity index (χ3n) is 4.60. The fourth-order valence-electron chi connectivity index (χ4n) is 3.36. The molecule has 3 heterocycles. The molecule has 6 heteroatoms. The Hall–Kier alpha value is -2.76. The number of nitrogens with zero attached hydrogens (tertiary/aromatic N) is 5. The van der Waals surface area contributed by atoms with Gasteiger partial charge in [-0.05, 0) is 31.4 Å². The first kappa shape index (κ1) is 14.8. The summed E-state index contributed by atoms with van der Waals surface area (Å²) in [5.41, 5.74) is 3.24. The number of likely N-dealkylation sites (tertiary alicyclic amines) is 1. The van der Waals surface area contributed by atoms with Crippen molar-refractivity contribution < 1.29 is 4.79 Å². The van der Waals surface area contributed by atoms with Gasteiger partial charge in [-0.3, -0.25) is 4.79 Å². The number of hydrogen-bond donors (Lipinski definition) is 0. The Labute approximate surface area is 140 Å². The smallest absolute Gasteiger partial charge is 0.252 e. The van der Waals surface area contributed by atoms with E-state index in [1.165, 1.54) is 11.9 Å². The summed E-state index contributed by atoms with van der Waals surface area (Å²) in [6.07, 6.45) is 5.61. The van der Waals surface area contributed by atoms with Crippen LogP contribution in [0.2, 0.25) is 0 Å². The molecule has 1 fully saturated rings. The SMILES string of the molecule is Cc1ccc(CC(=O)N2CCC[C@H]2c2ccnc3ncnn23)cc1. The summed E-state index contributed by atoms with van der Waals surface area (Å²) in [4.78, 5) is 23.1. The van der Waals surface area contributed by atoms with E-state index in [1.54, 1.807) is 10.7 Å². The molecule has 0 radical (unpaired) electrons. The van der Waals surface area contributed by atoms with Crippen molar-refractivity contribution >= 4 is 11.7 Å². The van der Waals surface area contributed by atoms with Crippen LogP contribution >= 0.6 is 0 Å². The second kappa shape index (κ2) is 6.03. The number of amides is 1. The predicted octanol–water partition coefficient (Wildman–Crippen LogP) is 2.34. The highest BCUT2D eigenvalue weighted by atomic mass is 16.2. The van der Waals surface area contributed by atoms with E-state index in [0.29, 0.717) is 12.2 Å². The molecule has 1 aromatic carbocycles. The van der Waals surface area contributed by atoms with E-state index in [2.05, 4.69) is 22.0 Å². The van der Waals surface area contributed by atoms with E-state index >= 15 is 0 Å². The number of hydrogen-bond acceptors (Lipinski definition) is 4. The highest BCUT2D eigenvalue weighted by Crippen LogP contribution is 2.32. The molecule has 3 aromatic rings. The third-order valence-corrected chi connectivity index (χ3v) is 4.60. The van der Waals surface area contributed by atoms with Gasteiger partial charge in [0.15, 0.2) is 0 Å². The number of aryl methyl sites for hydroxylation is 1. The summed E-state index contributed by atoms with van der Waals surface area (Å²) in [7, 11) is 0. The zero-order valence-corrected chi connectivity index (χ0v) is 13.6. The van der Waals surface area contributed by atoms with E-state index in [4.69, 9.17) is 0 Å². The molecule has 2 aromatic heterocycles. The molecule has 1 aliphatic rings. The number of fused-ring (bicyclic) bond motifs is 1. The van der Waals surface area contributed by atoms with Crippen molar-refractivity contribution in [3.63, 3.8) is 0 Å². The first-order valence-corrected chi connectivity index (χ1v) is 8.22. The zero-order valence-electron chi connectivity index (χ0n) is 13.6. The van der Waals surface area contributed by atoms with Crippen LogP contribution in [0.15, 0.2) is 42.9 Å². The molecule has 0 bridgehead atoms. The summed E-state index contributed by atoms with van der Waals surface area (Å²) in [5.74, 6) is 0.733. The Kier molecular flexibility index (Phi) is 3.72. The highest BCUT2D eigenvalue weighted by molar-refractivity contribution is 5.79. The lowest BCUT2D eigenvalue weighted by Crippen LogP contribution is -2.32. The molecule has 0 unspecified atom stereocenters. The first-order valence-electron chi connectivity index (χ1n) is 8.22. The van der Waals surface area contributed by atoms with Gasteiger partial charge in [-0.1, -0.05) is 29.8 Å². The van der Waals surface area contributed by atoms with Crippen LogP contribution < -0.4 is 0 Å². The standard InChI is InChI=1S/C18H19N5O/c1-13-4-6-14(7-5-13)11-17(24)22-10-2-3-15(22)16-8-9-19-18-20-12-21-23(16)18/h4-9,12,15H,2-3,10-11H2,1H3/t15-/m0/s1. The quantitative estimate of drug-likeness (QED) is 0.743. The first-order chi connectivity index (χ1) is 11.7. The average molecular weight is 321 g/mol. The number of benzene rings is 1. The van der Waals surface area contributed by atoms with Crippen molar-refractivity contribution in [1.29, 1.82) is 0 Å². The van der Waals surface area contributed by atoms with Gasteiger partial charge in [0.05, 0.1) is 18.2 Å². The molecule has 24 heavy (non-hydrogen) atoms. The molecule has 0 N–H and O–H groups in total. The second-order valence-corrected chi connectivity index (χ2v) is 6.25. The van der Waals surface area contributed by atoms with E-state index in [1.807, 2.05) is 35.2 Å². The molecular formula is C18H19N5O. The van der Waals surface area contributed by atoms with Gasteiger partial charge < -0.3 is 4.90 Å². The number of rotatable bonds is 3. The van der Waals surface area contributed by atoms with Crippen LogP contribution in [-0.4, -0.2) is 36.9 Å². The lowest BCUT2D eigenvalue weighted by Gasteiger charge is -2.25. The van der Waals surface area contributed by atoms with E-state index in [0.717, 1.165) is 30.6 Å². The zero-order chi connectivity index (χ0) is 16.5. The molecule has 0 saturated carbocycles. The third kappa shape index (κ3) is 2.64. The molecule has 122 valence electrons. The van der Waals surface area contributed by atoms with E-state index in [-0.39, 0.29) is 11.9 Å². The van der Waals surface area contributed by atoms with Crippen LogP contribution in [0.25, 0.3) is 5.78 Å². The van der Waals surface area contributed by atoms with Crippen LogP contribution in [0.3, 0.4) is 0 Å². The summed E-state index contributed by atoms with van der Waals surface area (Å²) in [6.45, 7) is 2.84. The number of aromatic nitrogens is 4. The van der Waals surface area contributed by atoms with Crippen molar-refractivity contribution in [1.82, 2.24) is 24.5 Å². The molecule has 1 saturated heterocycles. The Bertz CT molecular complexity index is 871. The van der Waals surface area contributed by atoms with Crippen LogP contribution in [-0.2, 0) is 11.2 Å². The Morgan fingerprint density at radius 3 is 2.88 bits per heavy atom. The molecule has 1 aliphatic heterocycles. The van der Waals surface area contributed by atoms with Crippen LogP contribution in [0.1, 0.15) is 35.7 Å². The normalized spacial score (nSPS) is 17.5. The number of carbonyl (C=O) groups is 1. The average Bonchev–Trinajstić information content (AvgIpc) is 3.25. The van der Waals surface area contributed by atoms with Crippen LogP contribution in [0.4, 0.5) is 0 Å². The minimum absolute atomic E-state index is 0.0372. The van der Waals surface area contributed by atoms with Crippen molar-refractivity contribution in [2.24, 2.45) is 0 Å². The molecule has 1 amide bonds. The van der Waals surface area contributed by atoms with Crippen molar-refractivity contribution in [2.75, 3.05) is 6.54 Å². The van der Waals surface area contributed by atoms with Crippen molar-refractivity contribution in [3.05, 3.63) is 59.7 Å². The lowest BCUT2D eigenvalue weighted by molar-refractivity contribution is -0.131. The molecule has 1 atom stereocenters. The fourth-order valence-corrected chi connectivity index (χ4v) is 3.36. The number of carbonyl (C=O) groups excluding carboxylic acids is 1. The highest BCUT2D eigenvalue weighted by Gasteiger charge is 2.31. The van der Waals surface area contributed by atoms with Crippen molar-refractivity contribution in [3.8, 4) is 0 Å². The summed E-state index contributed by atoms with van der Waals surface area (Å²) < 4.78 is 1.74. The van der Waals surface area contributed by atoms with Crippen molar-refractivity contribution in [2.45, 2.75) is 32.2 Å². The van der Waals surface area contributed by atoms with Gasteiger partial charge in [0.25, 0.3) is 5.78 Å². The summed E-state index contributed by atoms with van der Waals surface area (Å²) in [5, 5.41) is 4.26. The van der Waals surface area contributed by atoms with Gasteiger partial charge in [0, 0.05) is 12.7 Å². The molecule has 6 nitrogen and oxygen atoms in total. The van der Waals surface area contributed by atoms with Crippen LogP contribution in [0, 0.1) is 6.92 Å². The topological polar surface area (TPSA) is 63.4 Å². The van der Waals surface area contributed by atoms with Gasteiger partial charge in [-0.2, -0.15) is 14.6 Å².